The minimum Gasteiger partial charge on any atom is -0.448 e. The van der Waals surface area contributed by atoms with E-state index >= 15 is 0 Å². The molecule has 1 N–H and O–H groups in total. The molecule has 3 amide bonds. The number of oxazole rings is 1. The Bertz CT molecular complexity index is 1830. The number of benzene rings is 2. The molecular formula is C33H32N4O9S. The lowest BCUT2D eigenvalue weighted by Gasteiger charge is -2.49. The third-order valence-electron chi connectivity index (χ3n) is 7.72. The number of β-lactam (4-membered cyclic amide) rings is 1. The summed E-state index contributed by atoms with van der Waals surface area (Å²) >= 11 is 0. The number of carbonyl (C=O) groups excluding carboxylic acids is 4. The fraction of sp³-hybridized carbons (Fsp3) is 0.303. The molecule has 4 heterocycles. The van der Waals surface area contributed by atoms with E-state index < -0.39 is 63.6 Å². The molecule has 0 aliphatic carbocycles. The van der Waals surface area contributed by atoms with Crippen molar-refractivity contribution >= 4 is 34.7 Å². The Morgan fingerprint density at radius 1 is 1.02 bits per heavy atom. The summed E-state index contributed by atoms with van der Waals surface area (Å²) in [6, 6.07) is 16.9. The van der Waals surface area contributed by atoms with Crippen molar-refractivity contribution in [1.82, 2.24) is 14.9 Å². The third-order valence-corrected chi connectivity index (χ3v) is 9.34. The minimum atomic E-state index is -1.79. The number of alkyl carbamates (subject to hydrolysis) is 1. The van der Waals surface area contributed by atoms with Crippen LogP contribution in [-0.4, -0.2) is 67.0 Å². The number of ether oxygens (including phenoxy) is 2. The molecule has 0 saturated carbocycles. The third kappa shape index (κ3) is 6.28. The molecule has 3 aliphatic heterocycles. The quantitative estimate of drug-likeness (QED) is 0.229. The van der Waals surface area contributed by atoms with Gasteiger partial charge in [-0.2, -0.15) is 4.68 Å². The van der Waals surface area contributed by atoms with Crippen molar-refractivity contribution in [1.29, 1.82) is 0 Å². The first kappa shape index (κ1) is 31.7. The summed E-state index contributed by atoms with van der Waals surface area (Å²) in [6.07, 6.45) is 2.38. The molecule has 0 unspecified atom stereocenters. The van der Waals surface area contributed by atoms with E-state index in [4.69, 9.17) is 13.9 Å². The van der Waals surface area contributed by atoms with Gasteiger partial charge in [0.15, 0.2) is 6.10 Å². The van der Waals surface area contributed by atoms with Crippen molar-refractivity contribution in [3.63, 3.8) is 0 Å². The SMILES string of the molecule is CC(C)(C)OC(=O)N[C@@H]1C(=O)N2C(C(=O)OC(c3ccccc3)c3ccccc3)=C(C=C3CCN(n4ccoc4=O)C3=O)C[S@](=O)[C@H]12. The molecule has 2 fully saturated rings. The van der Waals surface area contributed by atoms with Crippen LogP contribution in [0.4, 0.5) is 4.79 Å². The fourth-order valence-corrected chi connectivity index (χ4v) is 7.31. The molecule has 13 nitrogen and oxygen atoms in total. The summed E-state index contributed by atoms with van der Waals surface area (Å²) < 4.78 is 30.9. The number of carbonyl (C=O) groups is 4. The van der Waals surface area contributed by atoms with Crippen LogP contribution in [0.5, 0.6) is 0 Å². The Morgan fingerprint density at radius 2 is 1.66 bits per heavy atom. The maximum absolute atomic E-state index is 14.2. The van der Waals surface area contributed by atoms with Gasteiger partial charge in [-0.05, 0) is 50.0 Å². The summed E-state index contributed by atoms with van der Waals surface area (Å²) in [5.74, 6) is -3.04. The Morgan fingerprint density at radius 3 is 2.23 bits per heavy atom. The van der Waals surface area contributed by atoms with Crippen molar-refractivity contribution in [3.8, 4) is 0 Å². The van der Waals surface area contributed by atoms with E-state index in [9.17, 15) is 28.2 Å². The summed E-state index contributed by atoms with van der Waals surface area (Å²) in [6.45, 7) is 5.15. The number of aromatic nitrogens is 1. The molecule has 14 heteroatoms. The first-order valence-corrected chi connectivity index (χ1v) is 16.2. The second kappa shape index (κ2) is 12.5. The summed E-state index contributed by atoms with van der Waals surface area (Å²) in [5.41, 5.74) is 0.707. The molecule has 47 heavy (non-hydrogen) atoms. The van der Waals surface area contributed by atoms with Crippen molar-refractivity contribution in [2.24, 2.45) is 0 Å². The van der Waals surface area contributed by atoms with Gasteiger partial charge >= 0.3 is 17.8 Å². The predicted molar refractivity (Wildman–Crippen MR) is 168 cm³/mol. The molecule has 0 bridgehead atoms. The van der Waals surface area contributed by atoms with Crippen LogP contribution in [0.25, 0.3) is 0 Å². The lowest BCUT2D eigenvalue weighted by molar-refractivity contribution is -0.153. The molecule has 6 rings (SSSR count). The Kier molecular flexibility index (Phi) is 8.45. The van der Waals surface area contributed by atoms with E-state index in [0.29, 0.717) is 11.1 Å². The molecule has 3 atom stereocenters. The van der Waals surface area contributed by atoms with Crippen LogP contribution in [-0.2, 0) is 34.7 Å². The number of rotatable bonds is 7. The minimum absolute atomic E-state index is 0.150. The van der Waals surface area contributed by atoms with Gasteiger partial charge in [-0.15, -0.1) is 0 Å². The number of allylic oxidation sites excluding steroid dienone is 1. The maximum atomic E-state index is 14.2. The second-order valence-electron chi connectivity index (χ2n) is 12.1. The first-order chi connectivity index (χ1) is 22.4. The molecular weight excluding hydrogens is 628 g/mol. The summed E-state index contributed by atoms with van der Waals surface area (Å²) in [5, 5.41) is 2.60. The van der Waals surface area contributed by atoms with Crippen molar-refractivity contribution in [2.75, 3.05) is 17.3 Å². The number of hydrogen-bond donors (Lipinski definition) is 1. The standard InChI is InChI=1S/C33H32N4O9S/c1-33(2,3)46-31(41)34-24-28(39)37-25(30(40)45-26(20-10-6-4-7-11-20)21-12-8-5-9-13-21)23(19-47(43)29(24)37)18-22-14-15-35(27(22)38)36-16-17-44-32(36)42/h4-13,16-18,24,26,29H,14-15,19H2,1-3H3,(H,34,41)/t24-,29-,47+/m1/s1. The Hall–Kier alpha value is -5.24. The average molecular weight is 661 g/mol. The lowest BCUT2D eigenvalue weighted by Crippen LogP contribution is -2.73. The van der Waals surface area contributed by atoms with Gasteiger partial charge in [0.05, 0.1) is 22.7 Å². The smallest absolute Gasteiger partial charge is 0.438 e. The van der Waals surface area contributed by atoms with Crippen LogP contribution in [0, 0.1) is 0 Å². The van der Waals surface area contributed by atoms with Crippen LogP contribution in [0.2, 0.25) is 0 Å². The Balaban J connectivity index is 1.38. The van der Waals surface area contributed by atoms with Gasteiger partial charge in [0, 0.05) is 12.1 Å². The highest BCUT2D eigenvalue weighted by Crippen LogP contribution is 2.38. The van der Waals surface area contributed by atoms with Crippen molar-refractivity contribution in [3.05, 3.63) is 118 Å². The predicted octanol–water partition coefficient (Wildman–Crippen LogP) is 2.65. The average Bonchev–Trinajstić information content (AvgIpc) is 3.62. The largest absolute Gasteiger partial charge is 0.448 e. The van der Waals surface area contributed by atoms with Crippen LogP contribution in [0.15, 0.2) is 105 Å². The van der Waals surface area contributed by atoms with E-state index in [-0.39, 0.29) is 35.6 Å². The number of esters is 1. The number of nitrogens with one attached hydrogen (secondary N) is 1. The second-order valence-corrected chi connectivity index (χ2v) is 13.6. The van der Waals surface area contributed by atoms with E-state index in [1.165, 1.54) is 17.3 Å². The van der Waals surface area contributed by atoms with Gasteiger partial charge in [0.1, 0.15) is 29.0 Å². The number of nitrogens with zero attached hydrogens (tertiary/aromatic N) is 3. The van der Waals surface area contributed by atoms with Gasteiger partial charge in [0.2, 0.25) is 0 Å². The van der Waals surface area contributed by atoms with Gasteiger partial charge in [0.25, 0.3) is 11.8 Å². The molecule has 244 valence electrons. The maximum Gasteiger partial charge on any atom is 0.438 e. The fourth-order valence-electron chi connectivity index (χ4n) is 5.68. The molecule has 0 radical (unpaired) electrons. The Labute approximate surface area is 271 Å². The number of fused-ring (bicyclic) bond motifs is 1. The normalized spacial score (nSPS) is 22.0. The summed E-state index contributed by atoms with van der Waals surface area (Å²) in [4.78, 5) is 66.9. The molecule has 2 saturated heterocycles. The van der Waals surface area contributed by atoms with Crippen molar-refractivity contribution in [2.45, 2.75) is 50.3 Å². The topological polar surface area (TPSA) is 157 Å². The molecule has 3 aromatic rings. The molecule has 3 aliphatic rings. The lowest BCUT2D eigenvalue weighted by atomic mass is 10.00. The van der Waals surface area contributed by atoms with E-state index in [1.54, 1.807) is 45.0 Å². The van der Waals surface area contributed by atoms with E-state index in [0.717, 1.165) is 15.8 Å². The highest BCUT2D eigenvalue weighted by Gasteiger charge is 2.58. The highest BCUT2D eigenvalue weighted by atomic mass is 32.2. The highest BCUT2D eigenvalue weighted by molar-refractivity contribution is 7.86. The zero-order chi connectivity index (χ0) is 33.5. The number of hydrogen-bond acceptors (Lipinski definition) is 9. The molecule has 1 aromatic heterocycles. The zero-order valence-corrected chi connectivity index (χ0v) is 26.6. The number of amides is 3. The van der Waals surface area contributed by atoms with Gasteiger partial charge in [-0.3, -0.25) is 18.7 Å². The van der Waals surface area contributed by atoms with Crippen LogP contribution in [0.3, 0.4) is 0 Å². The zero-order valence-electron chi connectivity index (χ0n) is 25.8. The van der Waals surface area contributed by atoms with Crippen LogP contribution in [0.1, 0.15) is 44.4 Å². The van der Waals surface area contributed by atoms with E-state index in [2.05, 4.69) is 5.32 Å². The van der Waals surface area contributed by atoms with E-state index in [1.807, 2.05) is 36.4 Å². The van der Waals surface area contributed by atoms with Crippen LogP contribution < -0.4 is 16.1 Å². The van der Waals surface area contributed by atoms with Gasteiger partial charge in [-0.25, -0.2) is 19.4 Å². The molecule has 0 spiro atoms. The van der Waals surface area contributed by atoms with Crippen LogP contribution >= 0.6 is 0 Å². The monoisotopic (exact) mass is 660 g/mol. The first-order valence-electron chi connectivity index (χ1n) is 14.9. The van der Waals surface area contributed by atoms with Gasteiger partial charge in [-0.1, -0.05) is 60.7 Å². The molecule has 2 aromatic carbocycles. The van der Waals surface area contributed by atoms with Gasteiger partial charge < -0.3 is 19.2 Å². The summed E-state index contributed by atoms with van der Waals surface area (Å²) in [7, 11) is -1.79. The van der Waals surface area contributed by atoms with Crippen molar-refractivity contribution < 1.29 is 37.3 Å².